The van der Waals surface area contributed by atoms with Crippen molar-refractivity contribution in [1.29, 1.82) is 0 Å². The predicted molar refractivity (Wildman–Crippen MR) is 127 cm³/mol. The van der Waals surface area contributed by atoms with Crippen LogP contribution in [0.4, 0.5) is 0 Å². The van der Waals surface area contributed by atoms with Gasteiger partial charge in [0.05, 0.1) is 6.04 Å². The zero-order valence-electron chi connectivity index (χ0n) is 18.2. The second-order valence-corrected chi connectivity index (χ2v) is 8.58. The number of hydrogen-bond donors (Lipinski definition) is 1. The number of amides is 1. The summed E-state index contributed by atoms with van der Waals surface area (Å²) in [5, 5.41) is 5.36. The van der Waals surface area contributed by atoms with Gasteiger partial charge in [0.2, 0.25) is 0 Å². The van der Waals surface area contributed by atoms with Gasteiger partial charge < -0.3 is 10.1 Å². The third-order valence-corrected chi connectivity index (χ3v) is 6.33. The summed E-state index contributed by atoms with van der Waals surface area (Å²) in [6.07, 6.45) is 3.26. The normalized spacial score (nSPS) is 17.8. The summed E-state index contributed by atoms with van der Waals surface area (Å²) >= 11 is 0. The van der Waals surface area contributed by atoms with E-state index in [1.165, 1.54) is 16.5 Å². The molecule has 1 heterocycles. The van der Waals surface area contributed by atoms with E-state index in [0.717, 1.165) is 43.5 Å². The third-order valence-electron chi connectivity index (χ3n) is 6.33. The van der Waals surface area contributed by atoms with Crippen LogP contribution in [0.5, 0.6) is 5.75 Å². The van der Waals surface area contributed by atoms with Crippen molar-refractivity contribution in [2.75, 3.05) is 26.2 Å². The number of carbonyl (C=O) groups excluding carboxylic acids is 1. The Labute approximate surface area is 189 Å². The van der Waals surface area contributed by atoms with Gasteiger partial charge in [0, 0.05) is 30.9 Å². The largest absolute Gasteiger partial charge is 0.492 e. The van der Waals surface area contributed by atoms with E-state index in [2.05, 4.69) is 64.5 Å². The molecule has 2 aliphatic rings. The van der Waals surface area contributed by atoms with Crippen LogP contribution < -0.4 is 10.1 Å². The quantitative estimate of drug-likeness (QED) is 0.599. The molecule has 0 aromatic heterocycles. The Morgan fingerprint density at radius 1 is 1.03 bits per heavy atom. The van der Waals surface area contributed by atoms with Gasteiger partial charge in [-0.25, -0.2) is 0 Å². The Hall–Kier alpha value is -3.29. The highest BCUT2D eigenvalue weighted by Gasteiger charge is 2.27. The highest BCUT2D eigenvalue weighted by molar-refractivity contribution is 5.93. The van der Waals surface area contributed by atoms with E-state index in [1.807, 2.05) is 24.3 Å². The van der Waals surface area contributed by atoms with Gasteiger partial charge in [0.15, 0.2) is 0 Å². The number of rotatable bonds is 6. The second-order valence-electron chi connectivity index (χ2n) is 8.58. The highest BCUT2D eigenvalue weighted by atomic mass is 16.5. The molecule has 1 aliphatic carbocycles. The second kappa shape index (κ2) is 9.46. The monoisotopic (exact) mass is 424 g/mol. The molecule has 0 spiro atoms. The van der Waals surface area contributed by atoms with Gasteiger partial charge in [-0.15, -0.1) is 0 Å². The molecule has 3 aromatic carbocycles. The Morgan fingerprint density at radius 2 is 1.84 bits per heavy atom. The van der Waals surface area contributed by atoms with E-state index in [1.54, 1.807) is 0 Å². The number of benzene rings is 3. The number of nitrogens with zero attached hydrogens (tertiary/aromatic N) is 1. The summed E-state index contributed by atoms with van der Waals surface area (Å²) in [6, 6.07) is 23.1. The Kier molecular flexibility index (Phi) is 6.09. The first-order valence-electron chi connectivity index (χ1n) is 11.5. The fraction of sp³-hybridized carbons (Fsp3) is 0.321. The van der Waals surface area contributed by atoms with E-state index >= 15 is 0 Å². The van der Waals surface area contributed by atoms with Gasteiger partial charge in [-0.2, -0.15) is 0 Å². The van der Waals surface area contributed by atoms with Crippen LogP contribution in [0.2, 0.25) is 0 Å². The van der Waals surface area contributed by atoms with E-state index in [0.29, 0.717) is 19.1 Å². The van der Waals surface area contributed by atoms with Gasteiger partial charge in [-0.1, -0.05) is 66.6 Å². The molecule has 1 amide bonds. The van der Waals surface area contributed by atoms with Crippen LogP contribution in [-0.4, -0.2) is 37.0 Å². The maximum absolute atomic E-state index is 12.2. The standard InChI is InChI=1S/C28H28N2O2/c31-28(15-14-21-12-13-21)29-20-26-24-9-3-1-7-23(24)16-17-30(26)18-19-32-27-11-5-8-22-6-2-4-10-25(22)27/h1-11,21,26H,12-13,16-20H2,(H,29,31). The minimum absolute atomic E-state index is 0.128. The van der Waals surface area contributed by atoms with Crippen molar-refractivity contribution in [2.24, 2.45) is 5.92 Å². The predicted octanol–water partition coefficient (Wildman–Crippen LogP) is 4.35. The summed E-state index contributed by atoms with van der Waals surface area (Å²) in [4.78, 5) is 14.7. The van der Waals surface area contributed by atoms with Crippen molar-refractivity contribution in [3.8, 4) is 17.6 Å². The fourth-order valence-corrected chi connectivity index (χ4v) is 4.43. The molecule has 0 radical (unpaired) electrons. The molecule has 1 fully saturated rings. The SMILES string of the molecule is O=C(C#CC1CC1)NCC1c2ccccc2CCN1CCOc1cccc2ccccc12. The van der Waals surface area contributed by atoms with Gasteiger partial charge in [-0.05, 0) is 47.8 Å². The Bertz CT molecular complexity index is 1170. The smallest absolute Gasteiger partial charge is 0.295 e. The lowest BCUT2D eigenvalue weighted by Gasteiger charge is -2.37. The number of hydrogen-bond acceptors (Lipinski definition) is 3. The van der Waals surface area contributed by atoms with E-state index < -0.39 is 0 Å². The van der Waals surface area contributed by atoms with Crippen molar-refractivity contribution in [3.05, 3.63) is 77.9 Å². The molecule has 0 saturated heterocycles. The highest BCUT2D eigenvalue weighted by Crippen LogP contribution is 2.30. The van der Waals surface area contributed by atoms with Crippen LogP contribution in [0.3, 0.4) is 0 Å². The first kappa shape index (κ1) is 20.6. The number of nitrogens with one attached hydrogen (secondary N) is 1. The average Bonchev–Trinajstić information content (AvgIpc) is 3.66. The molecule has 162 valence electrons. The zero-order chi connectivity index (χ0) is 21.8. The molecule has 1 atom stereocenters. The minimum Gasteiger partial charge on any atom is -0.492 e. The molecular formula is C28H28N2O2. The van der Waals surface area contributed by atoms with E-state index in [-0.39, 0.29) is 11.9 Å². The molecule has 1 N–H and O–H groups in total. The van der Waals surface area contributed by atoms with Gasteiger partial charge >= 0.3 is 0 Å². The topological polar surface area (TPSA) is 41.6 Å². The van der Waals surface area contributed by atoms with Crippen LogP contribution in [0, 0.1) is 17.8 Å². The Balaban J connectivity index is 1.26. The number of ether oxygens (including phenoxy) is 1. The van der Waals surface area contributed by atoms with Crippen molar-refractivity contribution < 1.29 is 9.53 Å². The lowest BCUT2D eigenvalue weighted by atomic mass is 9.92. The first-order valence-corrected chi connectivity index (χ1v) is 11.5. The summed E-state index contributed by atoms with van der Waals surface area (Å²) in [6.45, 7) is 2.90. The number of fused-ring (bicyclic) bond motifs is 2. The van der Waals surface area contributed by atoms with Crippen LogP contribution in [0.25, 0.3) is 10.8 Å². The minimum atomic E-state index is -0.174. The van der Waals surface area contributed by atoms with Crippen molar-refractivity contribution in [1.82, 2.24) is 10.2 Å². The lowest BCUT2D eigenvalue weighted by Crippen LogP contribution is -2.43. The van der Waals surface area contributed by atoms with E-state index in [4.69, 9.17) is 4.74 Å². The molecular weight excluding hydrogens is 396 g/mol. The fourth-order valence-electron chi connectivity index (χ4n) is 4.43. The Morgan fingerprint density at radius 3 is 2.75 bits per heavy atom. The molecule has 3 aromatic rings. The molecule has 5 rings (SSSR count). The molecule has 4 heteroatoms. The van der Waals surface area contributed by atoms with Gasteiger partial charge in [-0.3, -0.25) is 9.69 Å². The molecule has 1 aliphatic heterocycles. The van der Waals surface area contributed by atoms with Crippen LogP contribution >= 0.6 is 0 Å². The average molecular weight is 425 g/mol. The van der Waals surface area contributed by atoms with Crippen molar-refractivity contribution in [3.63, 3.8) is 0 Å². The zero-order valence-corrected chi connectivity index (χ0v) is 18.2. The maximum Gasteiger partial charge on any atom is 0.295 e. The van der Waals surface area contributed by atoms with Gasteiger partial charge in [0.25, 0.3) is 5.91 Å². The lowest BCUT2D eigenvalue weighted by molar-refractivity contribution is -0.116. The van der Waals surface area contributed by atoms with Crippen LogP contribution in [0.1, 0.15) is 30.0 Å². The molecule has 1 saturated carbocycles. The van der Waals surface area contributed by atoms with E-state index in [9.17, 15) is 4.79 Å². The van der Waals surface area contributed by atoms with Crippen molar-refractivity contribution >= 4 is 16.7 Å². The molecule has 1 unspecified atom stereocenters. The molecule has 32 heavy (non-hydrogen) atoms. The third kappa shape index (κ3) is 4.79. The van der Waals surface area contributed by atoms with Gasteiger partial charge in [0.1, 0.15) is 12.4 Å². The molecule has 4 nitrogen and oxygen atoms in total. The number of carbonyl (C=O) groups is 1. The summed E-state index contributed by atoms with van der Waals surface area (Å²) in [5.74, 6) is 6.98. The summed E-state index contributed by atoms with van der Waals surface area (Å²) in [5.41, 5.74) is 2.65. The molecule has 0 bridgehead atoms. The van der Waals surface area contributed by atoms with Crippen molar-refractivity contribution in [2.45, 2.75) is 25.3 Å². The summed E-state index contributed by atoms with van der Waals surface area (Å²) in [7, 11) is 0. The first-order chi connectivity index (χ1) is 15.8. The summed E-state index contributed by atoms with van der Waals surface area (Å²) < 4.78 is 6.20. The van der Waals surface area contributed by atoms with Crippen LogP contribution in [0.15, 0.2) is 66.7 Å². The maximum atomic E-state index is 12.2. The van der Waals surface area contributed by atoms with Crippen LogP contribution in [-0.2, 0) is 11.2 Å².